The number of hydrogen-bond donors (Lipinski definition) is 1. The molecular weight excluding hydrogens is 268 g/mol. The van der Waals surface area contributed by atoms with E-state index in [4.69, 9.17) is 16.3 Å². The van der Waals surface area contributed by atoms with Crippen molar-refractivity contribution in [2.75, 3.05) is 19.0 Å². The maximum atomic E-state index is 12.1. The molecule has 0 bridgehead atoms. The summed E-state index contributed by atoms with van der Waals surface area (Å²) in [6, 6.07) is 3.09. The first kappa shape index (κ1) is 13.7. The summed E-state index contributed by atoms with van der Waals surface area (Å²) in [5.41, 5.74) is 2.48. The molecule has 102 valence electrons. The van der Waals surface area contributed by atoms with Crippen molar-refractivity contribution in [3.8, 4) is 0 Å². The molecule has 19 heavy (non-hydrogen) atoms. The number of carbonyl (C=O) groups is 2. The van der Waals surface area contributed by atoms with E-state index in [0.717, 1.165) is 11.1 Å². The summed E-state index contributed by atoms with van der Waals surface area (Å²) < 4.78 is 4.81. The Morgan fingerprint density at radius 1 is 1.47 bits per heavy atom. The summed E-state index contributed by atoms with van der Waals surface area (Å²) in [6.45, 7) is 3.86. The molecule has 1 aromatic rings. The monoisotopic (exact) mass is 282 g/mol. The smallest absolute Gasteiger partial charge is 0.410 e. The largest absolute Gasteiger partial charge is 0.447 e. The third-order valence-electron chi connectivity index (χ3n) is 3.10. The second kappa shape index (κ2) is 5.09. The van der Waals surface area contributed by atoms with Gasteiger partial charge in [0.25, 0.3) is 5.91 Å². The van der Waals surface area contributed by atoms with Crippen molar-refractivity contribution in [3.63, 3.8) is 0 Å². The van der Waals surface area contributed by atoms with Gasteiger partial charge in [-0.3, -0.25) is 9.69 Å². The Hall–Kier alpha value is -1.75. The van der Waals surface area contributed by atoms with Crippen LogP contribution in [0.1, 0.15) is 11.1 Å². The van der Waals surface area contributed by atoms with E-state index < -0.39 is 12.1 Å². The van der Waals surface area contributed by atoms with Crippen LogP contribution in [0.3, 0.4) is 0 Å². The fourth-order valence-corrected chi connectivity index (χ4v) is 2.39. The lowest BCUT2D eigenvalue weighted by molar-refractivity contribution is -0.119. The number of nitrogens with zero attached hydrogens (tertiary/aromatic N) is 1. The van der Waals surface area contributed by atoms with Gasteiger partial charge in [0.2, 0.25) is 0 Å². The molecule has 2 rings (SSSR count). The number of nitrogens with one attached hydrogen (secondary N) is 1. The molecule has 0 aliphatic carbocycles. The number of anilines is 1. The molecule has 1 aliphatic heterocycles. The van der Waals surface area contributed by atoms with Crippen molar-refractivity contribution >= 4 is 29.3 Å². The molecule has 1 N–H and O–H groups in total. The number of ether oxygens (including phenoxy) is 1. The lowest BCUT2D eigenvalue weighted by atomic mass is 10.1. The molecule has 5 nitrogen and oxygen atoms in total. The van der Waals surface area contributed by atoms with Gasteiger partial charge in [-0.15, -0.1) is 0 Å². The predicted molar refractivity (Wildman–Crippen MR) is 72.5 cm³/mol. The third-order valence-corrected chi connectivity index (χ3v) is 3.40. The highest BCUT2D eigenvalue weighted by Gasteiger charge is 2.35. The Kier molecular flexibility index (Phi) is 3.66. The first-order valence-corrected chi connectivity index (χ1v) is 6.25. The number of halogens is 1. The molecule has 1 aliphatic rings. The van der Waals surface area contributed by atoms with Gasteiger partial charge in [-0.05, 0) is 31.0 Å². The minimum atomic E-state index is -0.621. The SMILES string of the molecule is Cc1cc(C)c(NC(=O)C2COC(=O)N2C)c(Cl)c1. The van der Waals surface area contributed by atoms with E-state index in [-0.39, 0.29) is 12.5 Å². The van der Waals surface area contributed by atoms with Gasteiger partial charge in [0.1, 0.15) is 12.6 Å². The average Bonchev–Trinajstić information content (AvgIpc) is 2.64. The van der Waals surface area contributed by atoms with E-state index >= 15 is 0 Å². The lowest BCUT2D eigenvalue weighted by Gasteiger charge is -2.17. The quantitative estimate of drug-likeness (QED) is 0.906. The van der Waals surface area contributed by atoms with Gasteiger partial charge in [-0.2, -0.15) is 0 Å². The van der Waals surface area contributed by atoms with Crippen molar-refractivity contribution in [1.82, 2.24) is 4.90 Å². The number of cyclic esters (lactones) is 1. The fraction of sp³-hybridized carbons (Fsp3) is 0.385. The van der Waals surface area contributed by atoms with Gasteiger partial charge in [0, 0.05) is 7.05 Å². The topological polar surface area (TPSA) is 58.6 Å². The zero-order valence-corrected chi connectivity index (χ0v) is 11.7. The summed E-state index contributed by atoms with van der Waals surface area (Å²) in [7, 11) is 1.53. The van der Waals surface area contributed by atoms with Crippen LogP contribution in [0, 0.1) is 13.8 Å². The second-order valence-electron chi connectivity index (χ2n) is 4.63. The van der Waals surface area contributed by atoms with E-state index in [1.165, 1.54) is 11.9 Å². The van der Waals surface area contributed by atoms with Crippen molar-refractivity contribution in [1.29, 1.82) is 0 Å². The number of benzene rings is 1. The highest BCUT2D eigenvalue weighted by Crippen LogP contribution is 2.27. The minimum absolute atomic E-state index is 0.0592. The van der Waals surface area contributed by atoms with Crippen LogP contribution in [-0.4, -0.2) is 36.6 Å². The lowest BCUT2D eigenvalue weighted by Crippen LogP contribution is -2.40. The summed E-state index contributed by atoms with van der Waals surface area (Å²) >= 11 is 6.12. The van der Waals surface area contributed by atoms with Crippen LogP contribution in [-0.2, 0) is 9.53 Å². The Bertz CT molecular complexity index is 522. The van der Waals surface area contributed by atoms with Crippen LogP contribution in [0.15, 0.2) is 12.1 Å². The molecule has 0 spiro atoms. The van der Waals surface area contributed by atoms with E-state index in [9.17, 15) is 9.59 Å². The molecular formula is C13H15ClN2O3. The summed E-state index contributed by atoms with van der Waals surface area (Å²) in [6.07, 6.45) is -0.494. The molecule has 1 aromatic carbocycles. The predicted octanol–water partition coefficient (Wildman–Crippen LogP) is 2.35. The van der Waals surface area contributed by atoms with Crippen molar-refractivity contribution < 1.29 is 14.3 Å². The Labute approximate surface area is 116 Å². The van der Waals surface area contributed by atoms with Gasteiger partial charge in [0.05, 0.1) is 10.7 Å². The first-order chi connectivity index (χ1) is 8.90. The number of aryl methyl sites for hydroxylation is 2. The van der Waals surface area contributed by atoms with Crippen LogP contribution in [0.25, 0.3) is 0 Å². The molecule has 0 saturated carbocycles. The molecule has 6 heteroatoms. The molecule has 1 atom stereocenters. The van der Waals surface area contributed by atoms with Crippen LogP contribution in [0.4, 0.5) is 10.5 Å². The molecule has 2 amide bonds. The summed E-state index contributed by atoms with van der Waals surface area (Å²) in [4.78, 5) is 24.6. The minimum Gasteiger partial charge on any atom is -0.447 e. The van der Waals surface area contributed by atoms with E-state index in [0.29, 0.717) is 10.7 Å². The van der Waals surface area contributed by atoms with Crippen molar-refractivity contribution in [2.24, 2.45) is 0 Å². The van der Waals surface area contributed by atoms with Gasteiger partial charge in [-0.1, -0.05) is 17.7 Å². The zero-order valence-electron chi connectivity index (χ0n) is 11.0. The summed E-state index contributed by atoms with van der Waals surface area (Å²) in [5.74, 6) is -0.304. The number of amides is 2. The standard InChI is InChI=1S/C13H15ClN2O3/c1-7-4-8(2)11(9(14)5-7)15-12(17)10-6-19-13(18)16(10)3/h4-5,10H,6H2,1-3H3,(H,15,17). The van der Waals surface area contributed by atoms with E-state index in [2.05, 4.69) is 5.32 Å². The van der Waals surface area contributed by atoms with E-state index in [1.807, 2.05) is 19.9 Å². The second-order valence-corrected chi connectivity index (χ2v) is 5.04. The normalized spacial score (nSPS) is 18.4. The van der Waals surface area contributed by atoms with E-state index in [1.54, 1.807) is 6.07 Å². The van der Waals surface area contributed by atoms with Crippen molar-refractivity contribution in [2.45, 2.75) is 19.9 Å². The van der Waals surface area contributed by atoms with Gasteiger partial charge in [-0.25, -0.2) is 4.79 Å². The Morgan fingerprint density at radius 3 is 2.68 bits per heavy atom. The van der Waals surface area contributed by atoms with Gasteiger partial charge < -0.3 is 10.1 Å². The molecule has 1 fully saturated rings. The third kappa shape index (κ3) is 2.66. The van der Waals surface area contributed by atoms with Crippen LogP contribution in [0.5, 0.6) is 0 Å². The zero-order chi connectivity index (χ0) is 14.2. The molecule has 1 heterocycles. The molecule has 0 radical (unpaired) electrons. The highest BCUT2D eigenvalue weighted by molar-refractivity contribution is 6.34. The van der Waals surface area contributed by atoms with Crippen LogP contribution in [0.2, 0.25) is 5.02 Å². The number of likely N-dealkylation sites (N-methyl/N-ethyl adjacent to an activating group) is 1. The highest BCUT2D eigenvalue weighted by atomic mass is 35.5. The number of rotatable bonds is 2. The molecule has 1 saturated heterocycles. The van der Waals surface area contributed by atoms with Gasteiger partial charge >= 0.3 is 6.09 Å². The maximum Gasteiger partial charge on any atom is 0.410 e. The first-order valence-electron chi connectivity index (χ1n) is 5.87. The maximum absolute atomic E-state index is 12.1. The number of hydrogen-bond acceptors (Lipinski definition) is 3. The molecule has 0 aromatic heterocycles. The average molecular weight is 283 g/mol. The van der Waals surface area contributed by atoms with Gasteiger partial charge in [0.15, 0.2) is 0 Å². The summed E-state index contributed by atoms with van der Waals surface area (Å²) in [5, 5.41) is 3.24. The Morgan fingerprint density at radius 2 is 2.16 bits per heavy atom. The van der Waals surface area contributed by atoms with Crippen LogP contribution >= 0.6 is 11.6 Å². The number of carbonyl (C=O) groups excluding carboxylic acids is 2. The fourth-order valence-electron chi connectivity index (χ4n) is 2.02. The van der Waals surface area contributed by atoms with Crippen molar-refractivity contribution in [3.05, 3.63) is 28.3 Å². The Balaban J connectivity index is 2.18. The van der Waals surface area contributed by atoms with Crippen LogP contribution < -0.4 is 5.32 Å². The molecule has 1 unspecified atom stereocenters.